The number of nitriles is 1. The van der Waals surface area contributed by atoms with Crippen molar-refractivity contribution in [1.29, 1.82) is 5.26 Å². The summed E-state index contributed by atoms with van der Waals surface area (Å²) in [4.78, 5) is 32.7. The largest absolute Gasteiger partial charge is 0.356 e. The van der Waals surface area contributed by atoms with Gasteiger partial charge in [0.1, 0.15) is 11.6 Å². The van der Waals surface area contributed by atoms with Crippen molar-refractivity contribution >= 4 is 60.6 Å². The monoisotopic (exact) mass is 731 g/mol. The lowest BCUT2D eigenvalue weighted by molar-refractivity contribution is -0.116. The van der Waals surface area contributed by atoms with Gasteiger partial charge in [0.15, 0.2) is 5.78 Å². The highest BCUT2D eigenvalue weighted by Crippen LogP contribution is 2.65. The molecule has 49 heavy (non-hydrogen) atoms. The van der Waals surface area contributed by atoms with E-state index in [0.717, 1.165) is 95.1 Å². The van der Waals surface area contributed by atoms with Crippen LogP contribution in [0.25, 0.3) is 0 Å². The second-order valence-corrected chi connectivity index (χ2v) is 16.0. The SMILES string of the molecule is C[C@@]12C(=CC(=O)CC1C#N)CC[C@@H]1C2=CC[C@]2(C)[C@@H](CCN3CCN(c4cc(N5CCCC5)nc(N5CCCC5)n4)CC3)CC[C@@H]12.Cl.Cl.Cl. The first-order chi connectivity index (χ1) is 22.4. The molecular weight excluding hydrogens is 677 g/mol. The van der Waals surface area contributed by atoms with E-state index in [1.54, 1.807) is 0 Å². The highest BCUT2D eigenvalue weighted by atomic mass is 35.5. The van der Waals surface area contributed by atoms with E-state index in [4.69, 9.17) is 9.97 Å². The average molecular weight is 733 g/mol. The van der Waals surface area contributed by atoms with Crippen molar-refractivity contribution < 1.29 is 4.79 Å². The summed E-state index contributed by atoms with van der Waals surface area (Å²) in [6.45, 7) is 14.7. The van der Waals surface area contributed by atoms with Crippen molar-refractivity contribution in [1.82, 2.24) is 14.9 Å². The van der Waals surface area contributed by atoms with Crippen molar-refractivity contribution in [3.8, 4) is 6.07 Å². The smallest absolute Gasteiger partial charge is 0.229 e. The van der Waals surface area contributed by atoms with Crippen molar-refractivity contribution in [2.75, 3.05) is 73.6 Å². The van der Waals surface area contributed by atoms with E-state index in [2.05, 4.69) is 51.7 Å². The third kappa shape index (κ3) is 6.72. The molecule has 1 aromatic heterocycles. The van der Waals surface area contributed by atoms with Crippen LogP contribution in [-0.4, -0.2) is 79.6 Å². The van der Waals surface area contributed by atoms with Crippen LogP contribution in [0.4, 0.5) is 17.6 Å². The van der Waals surface area contributed by atoms with Crippen molar-refractivity contribution in [3.63, 3.8) is 0 Å². The minimum Gasteiger partial charge on any atom is -0.356 e. The first-order valence-electron chi connectivity index (χ1n) is 18.6. The van der Waals surface area contributed by atoms with E-state index in [1.807, 2.05) is 6.08 Å². The maximum Gasteiger partial charge on any atom is 0.229 e. The Bertz CT molecular complexity index is 1430. The average Bonchev–Trinajstić information content (AvgIpc) is 3.86. The molecule has 4 aliphatic carbocycles. The Kier molecular flexibility index (Phi) is 11.9. The van der Waals surface area contributed by atoms with Crippen molar-refractivity contribution in [2.24, 2.45) is 34.5 Å². The second-order valence-electron chi connectivity index (χ2n) is 16.0. The lowest BCUT2D eigenvalue weighted by Crippen LogP contribution is -2.48. The zero-order valence-electron chi connectivity index (χ0n) is 29.4. The minimum absolute atomic E-state index is 0. The first kappa shape index (κ1) is 38.2. The van der Waals surface area contributed by atoms with Gasteiger partial charge in [-0.3, -0.25) is 9.69 Å². The van der Waals surface area contributed by atoms with Crippen LogP contribution in [0.2, 0.25) is 0 Å². The van der Waals surface area contributed by atoms with E-state index >= 15 is 0 Å². The van der Waals surface area contributed by atoms with Crippen LogP contribution < -0.4 is 14.7 Å². The summed E-state index contributed by atoms with van der Waals surface area (Å²) in [7, 11) is 0. The Morgan fingerprint density at radius 2 is 1.49 bits per heavy atom. The van der Waals surface area contributed by atoms with Gasteiger partial charge in [-0.25, -0.2) is 0 Å². The molecule has 0 bridgehead atoms. The lowest BCUT2D eigenvalue weighted by Gasteiger charge is -2.54. The lowest BCUT2D eigenvalue weighted by atomic mass is 9.49. The molecule has 3 saturated heterocycles. The number of fused-ring (bicyclic) bond motifs is 5. The van der Waals surface area contributed by atoms with Crippen LogP contribution in [0.3, 0.4) is 0 Å². The molecule has 8 rings (SSSR count). The minimum atomic E-state index is -0.237. The highest BCUT2D eigenvalue weighted by Gasteiger charge is 2.57. The highest BCUT2D eigenvalue weighted by molar-refractivity contribution is 5.92. The molecule has 0 N–H and O–H groups in total. The summed E-state index contributed by atoms with van der Waals surface area (Å²) in [6, 6.07) is 4.83. The number of anilines is 3. The molecular formula is C38H56Cl3N7O. The molecule has 8 nitrogen and oxygen atoms in total. The van der Waals surface area contributed by atoms with Crippen LogP contribution >= 0.6 is 37.2 Å². The van der Waals surface area contributed by atoms with E-state index in [-0.39, 0.29) is 54.3 Å². The number of halogens is 3. The van der Waals surface area contributed by atoms with Gasteiger partial charge in [0, 0.05) is 70.3 Å². The zero-order valence-corrected chi connectivity index (χ0v) is 31.9. The Labute approximate surface area is 312 Å². The van der Waals surface area contributed by atoms with E-state index < -0.39 is 0 Å². The summed E-state index contributed by atoms with van der Waals surface area (Å²) >= 11 is 0. The number of carbonyl (C=O) groups is 1. The molecule has 0 spiro atoms. The number of rotatable bonds is 6. The van der Waals surface area contributed by atoms with Gasteiger partial charge < -0.3 is 14.7 Å². The summed E-state index contributed by atoms with van der Waals surface area (Å²) in [6.07, 6.45) is 17.0. The van der Waals surface area contributed by atoms with Crippen molar-refractivity contribution in [3.05, 3.63) is 29.4 Å². The van der Waals surface area contributed by atoms with Crippen LogP contribution in [0.15, 0.2) is 29.4 Å². The number of hydrogen-bond donors (Lipinski definition) is 0. The Morgan fingerprint density at radius 1 is 0.857 bits per heavy atom. The quantitative estimate of drug-likeness (QED) is 0.283. The van der Waals surface area contributed by atoms with Gasteiger partial charge in [-0.2, -0.15) is 15.2 Å². The second kappa shape index (κ2) is 15.3. The van der Waals surface area contributed by atoms with Gasteiger partial charge in [0.25, 0.3) is 0 Å². The fourth-order valence-corrected chi connectivity index (χ4v) is 11.0. The maximum absolute atomic E-state index is 12.4. The molecule has 2 saturated carbocycles. The number of nitrogens with zero attached hydrogens (tertiary/aromatic N) is 7. The predicted octanol–water partition coefficient (Wildman–Crippen LogP) is 7.27. The standard InChI is InChI=1S/C38H53N7O.3ClH/c1-37-13-11-33-31(9-7-28-23-30(46)24-29(26-39)38(28,33)2)32(37)10-8-27(37)12-18-42-19-21-44(22-20-42)35-25-34(43-14-3-4-15-43)40-36(41-35)45-16-5-6-17-45;;;/h11,23,25,27,29,31-32H,3-10,12-22,24H2,1-2H3;3*1H/t27-,29?,31+,32+,37-,38-;;;/m1.../s1. The normalized spacial score (nSPS) is 34.0. The van der Waals surface area contributed by atoms with Crippen LogP contribution in [0.1, 0.15) is 84.5 Å². The van der Waals surface area contributed by atoms with Gasteiger partial charge in [0.05, 0.1) is 12.0 Å². The Hall–Kier alpha value is -2.05. The van der Waals surface area contributed by atoms with Gasteiger partial charge in [0.2, 0.25) is 5.95 Å². The van der Waals surface area contributed by atoms with E-state index in [1.165, 1.54) is 62.6 Å². The molecule has 4 heterocycles. The molecule has 1 unspecified atom stereocenters. The summed E-state index contributed by atoms with van der Waals surface area (Å²) < 4.78 is 0. The number of allylic oxidation sites excluding steroid dienone is 4. The molecule has 270 valence electrons. The fourth-order valence-electron chi connectivity index (χ4n) is 11.0. The third-order valence-electron chi connectivity index (χ3n) is 13.8. The van der Waals surface area contributed by atoms with Gasteiger partial charge in [-0.15, -0.1) is 37.2 Å². The molecule has 7 aliphatic rings. The summed E-state index contributed by atoms with van der Waals surface area (Å²) in [5.41, 5.74) is 2.85. The number of aromatic nitrogens is 2. The van der Waals surface area contributed by atoms with Gasteiger partial charge in [-0.05, 0) is 100.0 Å². The van der Waals surface area contributed by atoms with Crippen LogP contribution in [0, 0.1) is 45.8 Å². The molecule has 0 aromatic carbocycles. The summed E-state index contributed by atoms with van der Waals surface area (Å²) in [5, 5.41) is 10.1. The number of carbonyl (C=O) groups excluding carboxylic acids is 1. The van der Waals surface area contributed by atoms with E-state index in [9.17, 15) is 10.1 Å². The number of hydrogen-bond acceptors (Lipinski definition) is 8. The zero-order chi connectivity index (χ0) is 31.5. The Morgan fingerprint density at radius 3 is 2.14 bits per heavy atom. The molecule has 3 aliphatic heterocycles. The Balaban J connectivity index is 0.00000156. The molecule has 6 atom stereocenters. The van der Waals surface area contributed by atoms with Gasteiger partial charge in [-0.1, -0.05) is 31.1 Å². The van der Waals surface area contributed by atoms with E-state index in [0.29, 0.717) is 23.7 Å². The van der Waals surface area contributed by atoms with Crippen LogP contribution in [-0.2, 0) is 4.79 Å². The van der Waals surface area contributed by atoms with Crippen molar-refractivity contribution in [2.45, 2.75) is 84.5 Å². The van der Waals surface area contributed by atoms with Crippen LogP contribution in [0.5, 0.6) is 0 Å². The molecule has 0 radical (unpaired) electrons. The fraction of sp³-hybridized carbons (Fsp3) is 0.737. The predicted molar refractivity (Wildman–Crippen MR) is 205 cm³/mol. The van der Waals surface area contributed by atoms with Gasteiger partial charge >= 0.3 is 0 Å². The summed E-state index contributed by atoms with van der Waals surface area (Å²) in [5.74, 6) is 5.15. The molecule has 11 heteroatoms. The topological polar surface area (TPSA) is 79.6 Å². The molecule has 1 aromatic rings. The molecule has 0 amide bonds. The number of ketones is 1. The molecule has 5 fully saturated rings. The maximum atomic E-state index is 12.4. The third-order valence-corrected chi connectivity index (χ3v) is 13.8. The first-order valence-corrected chi connectivity index (χ1v) is 18.6. The number of piperazine rings is 1.